The molecule has 1 aliphatic rings. The van der Waals surface area contributed by atoms with Crippen LogP contribution in [0.3, 0.4) is 0 Å². The predicted octanol–water partition coefficient (Wildman–Crippen LogP) is 3.06. The number of hydrogen-bond donors (Lipinski definition) is 1. The molecular weight excluding hydrogens is 390 g/mol. The molecule has 1 N–H and O–H groups in total. The van der Waals surface area contributed by atoms with Crippen molar-refractivity contribution in [2.24, 2.45) is 0 Å². The average molecular weight is 412 g/mol. The number of halogens is 1. The maximum Gasteiger partial charge on any atom is 0.233 e. The van der Waals surface area contributed by atoms with Gasteiger partial charge in [0.15, 0.2) is 4.34 Å². The van der Waals surface area contributed by atoms with Crippen LogP contribution in [-0.2, 0) is 11.3 Å². The van der Waals surface area contributed by atoms with Gasteiger partial charge in [-0.2, -0.15) is 0 Å². The van der Waals surface area contributed by atoms with Gasteiger partial charge in [-0.1, -0.05) is 46.8 Å². The van der Waals surface area contributed by atoms with Crippen molar-refractivity contribution in [3.63, 3.8) is 0 Å². The van der Waals surface area contributed by atoms with Gasteiger partial charge in [-0.25, -0.2) is 0 Å². The summed E-state index contributed by atoms with van der Waals surface area (Å²) in [6.45, 7) is 6.99. The fourth-order valence-corrected chi connectivity index (χ4v) is 4.69. The van der Waals surface area contributed by atoms with E-state index in [0.717, 1.165) is 53.8 Å². The van der Waals surface area contributed by atoms with E-state index in [4.69, 9.17) is 11.6 Å². The van der Waals surface area contributed by atoms with E-state index < -0.39 is 0 Å². The Kier molecular flexibility index (Phi) is 7.13. The van der Waals surface area contributed by atoms with Crippen molar-refractivity contribution in [1.29, 1.82) is 0 Å². The minimum atomic E-state index is 0.164. The molecule has 0 bridgehead atoms. The topological polar surface area (TPSA) is 61.4 Å². The Balaban J connectivity index is 1.41. The molecule has 3 rings (SSSR count). The van der Waals surface area contributed by atoms with Crippen LogP contribution >= 0.6 is 34.7 Å². The van der Waals surface area contributed by atoms with Crippen LogP contribution in [0.15, 0.2) is 28.6 Å². The normalized spacial score (nSPS) is 15.2. The minimum Gasteiger partial charge on any atom is -0.360 e. The fourth-order valence-electron chi connectivity index (χ4n) is 2.75. The second-order valence-corrected chi connectivity index (χ2v) is 8.62. The Labute approximate surface area is 166 Å². The number of amides is 1. The number of piperazine rings is 1. The van der Waals surface area contributed by atoms with Crippen LogP contribution in [0.5, 0.6) is 0 Å². The molecular formula is C17H22ClN5OS2. The molecule has 1 aromatic carbocycles. The van der Waals surface area contributed by atoms with Crippen LogP contribution in [-0.4, -0.2) is 64.4 Å². The smallest absolute Gasteiger partial charge is 0.233 e. The molecule has 6 nitrogen and oxygen atoms in total. The van der Waals surface area contributed by atoms with E-state index in [1.54, 1.807) is 0 Å². The van der Waals surface area contributed by atoms with Gasteiger partial charge in [0, 0.05) is 44.3 Å². The number of rotatable bonds is 7. The van der Waals surface area contributed by atoms with Crippen LogP contribution in [0.1, 0.15) is 12.5 Å². The van der Waals surface area contributed by atoms with Crippen LogP contribution in [0.4, 0.5) is 5.13 Å². The van der Waals surface area contributed by atoms with Crippen LogP contribution in [0.2, 0.25) is 5.02 Å². The number of carbonyl (C=O) groups is 1. The van der Waals surface area contributed by atoms with Gasteiger partial charge in [-0.15, -0.1) is 10.2 Å². The number of benzene rings is 1. The summed E-state index contributed by atoms with van der Waals surface area (Å²) in [5, 5.41) is 12.8. The molecule has 1 amide bonds. The predicted molar refractivity (Wildman–Crippen MR) is 108 cm³/mol. The van der Waals surface area contributed by atoms with E-state index in [9.17, 15) is 4.79 Å². The van der Waals surface area contributed by atoms with Gasteiger partial charge in [-0.3, -0.25) is 9.69 Å². The van der Waals surface area contributed by atoms with Gasteiger partial charge in [0.1, 0.15) is 0 Å². The van der Waals surface area contributed by atoms with E-state index in [1.165, 1.54) is 28.7 Å². The maximum absolute atomic E-state index is 12.4. The van der Waals surface area contributed by atoms with Crippen LogP contribution in [0, 0.1) is 0 Å². The molecule has 140 valence electrons. The zero-order chi connectivity index (χ0) is 18.4. The van der Waals surface area contributed by atoms with Gasteiger partial charge in [0.25, 0.3) is 0 Å². The van der Waals surface area contributed by atoms with Crippen molar-refractivity contribution < 1.29 is 4.79 Å². The van der Waals surface area contributed by atoms with Crippen LogP contribution in [0.25, 0.3) is 0 Å². The van der Waals surface area contributed by atoms with Crippen molar-refractivity contribution >= 4 is 45.7 Å². The highest BCUT2D eigenvalue weighted by Crippen LogP contribution is 2.25. The van der Waals surface area contributed by atoms with E-state index in [0.29, 0.717) is 5.75 Å². The lowest BCUT2D eigenvalue weighted by Gasteiger charge is -2.34. The number of hydrogen-bond acceptors (Lipinski definition) is 7. The van der Waals surface area contributed by atoms with Gasteiger partial charge in [0.2, 0.25) is 11.0 Å². The molecule has 1 aromatic heterocycles. The molecule has 1 aliphatic heterocycles. The standard InChI is InChI=1S/C17H22ClN5OS2/c1-2-19-16-20-21-17(26-16)25-12-15(24)23-8-6-22(7-9-23)11-13-4-3-5-14(18)10-13/h3-5,10H,2,6-9,11-12H2,1H3,(H,19,20). The highest BCUT2D eigenvalue weighted by Gasteiger charge is 2.21. The maximum atomic E-state index is 12.4. The third-order valence-corrected chi connectivity index (χ3v) is 6.31. The SMILES string of the molecule is CCNc1nnc(SCC(=O)N2CCN(Cc3cccc(Cl)c3)CC2)s1. The Morgan fingerprint density at radius 1 is 1.31 bits per heavy atom. The molecule has 26 heavy (non-hydrogen) atoms. The average Bonchev–Trinajstić information content (AvgIpc) is 3.08. The van der Waals surface area contributed by atoms with Crippen molar-refractivity contribution in [3.05, 3.63) is 34.9 Å². The van der Waals surface area contributed by atoms with E-state index >= 15 is 0 Å². The van der Waals surface area contributed by atoms with Gasteiger partial charge in [0.05, 0.1) is 5.75 Å². The number of nitrogens with zero attached hydrogens (tertiary/aromatic N) is 4. The summed E-state index contributed by atoms with van der Waals surface area (Å²) < 4.78 is 0.828. The summed E-state index contributed by atoms with van der Waals surface area (Å²) in [6, 6.07) is 7.95. The number of anilines is 1. The molecule has 0 aliphatic carbocycles. The zero-order valence-corrected chi connectivity index (χ0v) is 17.0. The summed E-state index contributed by atoms with van der Waals surface area (Å²) in [4.78, 5) is 16.7. The molecule has 0 radical (unpaired) electrons. The molecule has 2 heterocycles. The van der Waals surface area contributed by atoms with E-state index in [1.807, 2.05) is 30.0 Å². The van der Waals surface area contributed by atoms with E-state index in [-0.39, 0.29) is 5.91 Å². The second kappa shape index (κ2) is 9.55. The first-order valence-corrected chi connectivity index (χ1v) is 10.8. The number of nitrogens with one attached hydrogen (secondary N) is 1. The quantitative estimate of drug-likeness (QED) is 0.706. The molecule has 0 atom stereocenters. The van der Waals surface area contributed by atoms with Gasteiger partial charge < -0.3 is 10.2 Å². The Morgan fingerprint density at radius 3 is 2.85 bits per heavy atom. The second-order valence-electron chi connectivity index (χ2n) is 5.98. The summed E-state index contributed by atoms with van der Waals surface area (Å²) in [6.07, 6.45) is 0. The first kappa shape index (κ1) is 19.4. The Hall–Kier alpha value is -1.35. The fraction of sp³-hybridized carbons (Fsp3) is 0.471. The summed E-state index contributed by atoms with van der Waals surface area (Å²) >= 11 is 8.99. The van der Waals surface area contributed by atoms with Crippen molar-refractivity contribution in [2.75, 3.05) is 43.8 Å². The molecule has 0 saturated carbocycles. The summed E-state index contributed by atoms with van der Waals surface area (Å²) in [7, 11) is 0. The molecule has 2 aromatic rings. The lowest BCUT2D eigenvalue weighted by Crippen LogP contribution is -2.48. The first-order chi connectivity index (χ1) is 12.6. The third-order valence-electron chi connectivity index (χ3n) is 4.07. The molecule has 0 spiro atoms. The first-order valence-electron chi connectivity index (χ1n) is 8.59. The molecule has 9 heteroatoms. The Bertz CT molecular complexity index is 733. The molecule has 0 unspecified atom stereocenters. The minimum absolute atomic E-state index is 0.164. The number of aromatic nitrogens is 2. The van der Waals surface area contributed by atoms with Gasteiger partial charge >= 0.3 is 0 Å². The van der Waals surface area contributed by atoms with Crippen molar-refractivity contribution in [3.8, 4) is 0 Å². The van der Waals surface area contributed by atoms with E-state index in [2.05, 4.69) is 26.5 Å². The monoisotopic (exact) mass is 411 g/mol. The third kappa shape index (κ3) is 5.57. The highest BCUT2D eigenvalue weighted by molar-refractivity contribution is 8.01. The highest BCUT2D eigenvalue weighted by atomic mass is 35.5. The molecule has 1 saturated heterocycles. The molecule has 1 fully saturated rings. The summed E-state index contributed by atoms with van der Waals surface area (Å²) in [5.41, 5.74) is 1.21. The zero-order valence-electron chi connectivity index (χ0n) is 14.7. The number of thioether (sulfide) groups is 1. The summed E-state index contributed by atoms with van der Waals surface area (Å²) in [5.74, 6) is 0.576. The lowest BCUT2D eigenvalue weighted by molar-refractivity contribution is -0.130. The lowest BCUT2D eigenvalue weighted by atomic mass is 10.2. The number of carbonyl (C=O) groups excluding carboxylic acids is 1. The van der Waals surface area contributed by atoms with Crippen molar-refractivity contribution in [2.45, 2.75) is 17.8 Å². The largest absolute Gasteiger partial charge is 0.360 e. The van der Waals surface area contributed by atoms with Gasteiger partial charge in [-0.05, 0) is 24.6 Å². The Morgan fingerprint density at radius 2 is 2.12 bits per heavy atom. The van der Waals surface area contributed by atoms with Crippen molar-refractivity contribution in [1.82, 2.24) is 20.0 Å². The van der Waals surface area contributed by atoms with Crippen LogP contribution < -0.4 is 5.32 Å².